The third-order valence-electron chi connectivity index (χ3n) is 11.7. The van der Waals surface area contributed by atoms with Crippen LogP contribution in [0.1, 0.15) is 125 Å². The molecule has 0 bridgehead atoms. The highest BCUT2D eigenvalue weighted by atomic mass is 16.5. The molecule has 0 heterocycles. The van der Waals surface area contributed by atoms with Crippen LogP contribution in [0.15, 0.2) is 0 Å². The first kappa shape index (κ1) is 37.9. The average molecular weight is 597 g/mol. The molecule has 2 rings (SSSR count). The maximum absolute atomic E-state index is 6.97. The topological polar surface area (TPSA) is 132 Å². The molecule has 250 valence electrons. The maximum atomic E-state index is 6.97. The van der Waals surface area contributed by atoms with E-state index in [0.29, 0.717) is 49.4 Å². The molecular formula is C35H72N4O3. The second kappa shape index (κ2) is 20.0. The standard InChI is InChI=1S/C35H72N4O3/c1-6-30(40-22-8-19-37)14-16-34(4)17-15-31(41-23-9-20-38)26-29-12-13-32(27(2)11-7-18-36)35(29,5)33(25-28(34)3)42-24-10-21-39/h27-33H,6-26,36-39H2,1-5H3/t27-,28-,29+,30+,31-,32-,33+,34+,35+/m1/s1. The minimum Gasteiger partial charge on any atom is -0.378 e. The highest BCUT2D eigenvalue weighted by Crippen LogP contribution is 2.59. The SMILES string of the molecule is CC[C@@H](CC[C@@]1(C)CC[C@@H](OCCCN)C[C@@H]2CC[C@H]([C@H](C)CCCN)[C@@]2(C)[C@@H](OCCCN)C[C@H]1C)OCCCN. The molecule has 2 aliphatic carbocycles. The lowest BCUT2D eigenvalue weighted by Crippen LogP contribution is -2.48. The zero-order valence-corrected chi connectivity index (χ0v) is 28.4. The average Bonchev–Trinajstić information content (AvgIpc) is 3.31. The summed E-state index contributed by atoms with van der Waals surface area (Å²) in [7, 11) is 0. The van der Waals surface area contributed by atoms with Crippen molar-refractivity contribution in [3.8, 4) is 0 Å². The van der Waals surface area contributed by atoms with E-state index in [1.165, 1.54) is 25.7 Å². The first-order valence-electron chi connectivity index (χ1n) is 17.8. The van der Waals surface area contributed by atoms with Crippen LogP contribution in [0.5, 0.6) is 0 Å². The van der Waals surface area contributed by atoms with Crippen molar-refractivity contribution < 1.29 is 14.2 Å². The van der Waals surface area contributed by atoms with Gasteiger partial charge in [-0.1, -0.05) is 34.6 Å². The van der Waals surface area contributed by atoms with E-state index < -0.39 is 0 Å². The Labute approximate surface area is 260 Å². The van der Waals surface area contributed by atoms with Gasteiger partial charge in [-0.05, 0) is 151 Å². The lowest BCUT2D eigenvalue weighted by Gasteiger charge is -2.50. The Balaban J connectivity index is 2.41. The Morgan fingerprint density at radius 2 is 1.43 bits per heavy atom. The highest BCUT2D eigenvalue weighted by Gasteiger charge is 2.55. The third-order valence-corrected chi connectivity index (χ3v) is 11.7. The number of fused-ring (bicyclic) bond motifs is 1. The smallest absolute Gasteiger partial charge is 0.0636 e. The Bertz CT molecular complexity index is 699. The van der Waals surface area contributed by atoms with Gasteiger partial charge in [0.2, 0.25) is 0 Å². The molecule has 0 aliphatic heterocycles. The molecule has 0 spiro atoms. The number of nitrogens with two attached hydrogens (primary N) is 4. The van der Waals surface area contributed by atoms with Crippen LogP contribution in [0.25, 0.3) is 0 Å². The minimum atomic E-state index is 0.113. The van der Waals surface area contributed by atoms with Gasteiger partial charge in [-0.15, -0.1) is 0 Å². The molecule has 2 saturated carbocycles. The van der Waals surface area contributed by atoms with E-state index in [9.17, 15) is 0 Å². The summed E-state index contributed by atoms with van der Waals surface area (Å²) in [6.07, 6.45) is 16.3. The Kier molecular flexibility index (Phi) is 18.0. The first-order valence-corrected chi connectivity index (χ1v) is 17.8. The fourth-order valence-corrected chi connectivity index (χ4v) is 8.39. The van der Waals surface area contributed by atoms with E-state index in [-0.39, 0.29) is 23.0 Å². The van der Waals surface area contributed by atoms with Crippen molar-refractivity contribution in [2.24, 2.45) is 57.4 Å². The van der Waals surface area contributed by atoms with Crippen LogP contribution >= 0.6 is 0 Å². The second-order valence-corrected chi connectivity index (χ2v) is 14.4. The number of ether oxygens (including phenoxy) is 3. The van der Waals surface area contributed by atoms with Crippen molar-refractivity contribution in [3.05, 3.63) is 0 Å². The number of hydrogen-bond acceptors (Lipinski definition) is 7. The lowest BCUT2D eigenvalue weighted by molar-refractivity contribution is -0.117. The summed E-state index contributed by atoms with van der Waals surface area (Å²) in [5.41, 5.74) is 23.8. The predicted molar refractivity (Wildman–Crippen MR) is 177 cm³/mol. The molecule has 2 fully saturated rings. The van der Waals surface area contributed by atoms with Gasteiger partial charge in [0.25, 0.3) is 0 Å². The largest absolute Gasteiger partial charge is 0.378 e. The predicted octanol–water partition coefficient (Wildman–Crippen LogP) is 6.00. The first-order chi connectivity index (χ1) is 20.2. The normalized spacial score (nSPS) is 33.8. The summed E-state index contributed by atoms with van der Waals surface area (Å²) in [4.78, 5) is 0. The van der Waals surface area contributed by atoms with Crippen molar-refractivity contribution >= 4 is 0 Å². The second-order valence-electron chi connectivity index (χ2n) is 14.4. The van der Waals surface area contributed by atoms with Crippen LogP contribution in [0, 0.1) is 34.5 Å². The molecule has 0 saturated heterocycles. The summed E-state index contributed by atoms with van der Waals surface area (Å²) in [6.45, 7) is 17.4. The molecule has 0 amide bonds. The third kappa shape index (κ3) is 11.0. The summed E-state index contributed by atoms with van der Waals surface area (Å²) < 4.78 is 19.9. The van der Waals surface area contributed by atoms with Crippen LogP contribution in [0.3, 0.4) is 0 Å². The quantitative estimate of drug-likeness (QED) is 0.127. The van der Waals surface area contributed by atoms with E-state index in [2.05, 4.69) is 34.6 Å². The number of rotatable bonds is 20. The van der Waals surface area contributed by atoms with Crippen molar-refractivity contribution in [1.82, 2.24) is 0 Å². The minimum absolute atomic E-state index is 0.113. The molecule has 0 unspecified atom stereocenters. The molecule has 9 atom stereocenters. The molecular weight excluding hydrogens is 524 g/mol. The van der Waals surface area contributed by atoms with Crippen LogP contribution in [0.2, 0.25) is 0 Å². The van der Waals surface area contributed by atoms with Crippen molar-refractivity contribution in [3.63, 3.8) is 0 Å². The van der Waals surface area contributed by atoms with Gasteiger partial charge in [0.15, 0.2) is 0 Å². The van der Waals surface area contributed by atoms with Crippen LogP contribution in [-0.4, -0.2) is 64.3 Å². The molecule has 0 radical (unpaired) electrons. The fraction of sp³-hybridized carbons (Fsp3) is 1.00. The van der Waals surface area contributed by atoms with Gasteiger partial charge in [0.1, 0.15) is 0 Å². The lowest BCUT2D eigenvalue weighted by atomic mass is 9.59. The Morgan fingerprint density at radius 3 is 2.07 bits per heavy atom. The van der Waals surface area contributed by atoms with Crippen LogP contribution in [0.4, 0.5) is 0 Å². The highest BCUT2D eigenvalue weighted by molar-refractivity contribution is 5.04. The molecule has 7 nitrogen and oxygen atoms in total. The van der Waals surface area contributed by atoms with E-state index >= 15 is 0 Å². The zero-order valence-electron chi connectivity index (χ0n) is 28.4. The van der Waals surface area contributed by atoms with Crippen LogP contribution in [-0.2, 0) is 14.2 Å². The molecule has 8 N–H and O–H groups in total. The fourth-order valence-electron chi connectivity index (χ4n) is 8.39. The molecule has 2 aliphatic rings. The van der Waals surface area contributed by atoms with Crippen molar-refractivity contribution in [2.45, 2.75) is 143 Å². The Morgan fingerprint density at radius 1 is 0.786 bits per heavy atom. The van der Waals surface area contributed by atoms with Gasteiger partial charge >= 0.3 is 0 Å². The van der Waals surface area contributed by atoms with E-state index in [0.717, 1.165) is 90.6 Å². The van der Waals surface area contributed by atoms with E-state index in [1.54, 1.807) is 0 Å². The van der Waals surface area contributed by atoms with Gasteiger partial charge in [-0.25, -0.2) is 0 Å². The van der Waals surface area contributed by atoms with Crippen LogP contribution < -0.4 is 22.9 Å². The summed E-state index contributed by atoms with van der Waals surface area (Å²) in [5.74, 6) is 2.41. The Hall–Kier alpha value is -0.280. The van der Waals surface area contributed by atoms with E-state index in [4.69, 9.17) is 37.1 Å². The van der Waals surface area contributed by atoms with Crippen molar-refractivity contribution in [2.75, 3.05) is 46.0 Å². The molecule has 0 aromatic rings. The summed E-state index contributed by atoms with van der Waals surface area (Å²) in [5, 5.41) is 0. The van der Waals surface area contributed by atoms with Gasteiger partial charge in [-0.3, -0.25) is 0 Å². The number of hydrogen-bond donors (Lipinski definition) is 4. The van der Waals surface area contributed by atoms with Crippen molar-refractivity contribution in [1.29, 1.82) is 0 Å². The zero-order chi connectivity index (χ0) is 31.0. The maximum Gasteiger partial charge on any atom is 0.0636 e. The summed E-state index contributed by atoms with van der Waals surface area (Å²) >= 11 is 0. The van der Waals surface area contributed by atoms with Gasteiger partial charge in [0.05, 0.1) is 18.3 Å². The van der Waals surface area contributed by atoms with Gasteiger partial charge in [-0.2, -0.15) is 0 Å². The van der Waals surface area contributed by atoms with Gasteiger partial charge < -0.3 is 37.1 Å². The monoisotopic (exact) mass is 597 g/mol. The molecule has 0 aromatic heterocycles. The summed E-state index contributed by atoms with van der Waals surface area (Å²) in [6, 6.07) is 0. The molecule has 7 heteroatoms. The molecule has 42 heavy (non-hydrogen) atoms. The van der Waals surface area contributed by atoms with E-state index in [1.807, 2.05) is 0 Å². The molecule has 0 aromatic carbocycles. The van der Waals surface area contributed by atoms with Gasteiger partial charge in [0, 0.05) is 19.8 Å².